The average Bonchev–Trinajstić information content (AvgIpc) is 2.41. The molecule has 3 rings (SSSR count). The molecular formula is C13H17N5. The zero-order valence-corrected chi connectivity index (χ0v) is 10.2. The summed E-state index contributed by atoms with van der Waals surface area (Å²) in [5.41, 5.74) is 7.66. The van der Waals surface area contributed by atoms with E-state index in [1.165, 1.54) is 6.42 Å². The molecule has 1 aromatic heterocycles. The number of benzene rings is 1. The van der Waals surface area contributed by atoms with Crippen LogP contribution < -0.4 is 16.4 Å². The molecule has 1 saturated heterocycles. The first-order chi connectivity index (χ1) is 8.83. The predicted molar refractivity (Wildman–Crippen MR) is 73.5 cm³/mol. The Hall–Kier alpha value is -1.88. The summed E-state index contributed by atoms with van der Waals surface area (Å²) in [7, 11) is 0. The van der Waals surface area contributed by atoms with Gasteiger partial charge in [0.1, 0.15) is 0 Å². The molecule has 1 unspecified atom stereocenters. The van der Waals surface area contributed by atoms with Crippen LogP contribution in [-0.2, 0) is 0 Å². The van der Waals surface area contributed by atoms with Gasteiger partial charge in [0.2, 0.25) is 0 Å². The quantitative estimate of drug-likeness (QED) is 0.743. The summed E-state index contributed by atoms with van der Waals surface area (Å²) < 4.78 is 0. The number of aromatic nitrogens is 2. The molecule has 0 aliphatic carbocycles. The van der Waals surface area contributed by atoms with Crippen LogP contribution in [0.1, 0.15) is 12.8 Å². The number of para-hydroxylation sites is 2. The van der Waals surface area contributed by atoms with Crippen molar-refractivity contribution in [1.82, 2.24) is 15.3 Å². The maximum atomic E-state index is 5.95. The molecular weight excluding hydrogens is 226 g/mol. The fourth-order valence-electron chi connectivity index (χ4n) is 2.29. The van der Waals surface area contributed by atoms with Gasteiger partial charge >= 0.3 is 0 Å². The van der Waals surface area contributed by atoms with Crippen LogP contribution in [0, 0.1) is 0 Å². The second-order valence-electron chi connectivity index (χ2n) is 4.63. The molecule has 1 atom stereocenters. The van der Waals surface area contributed by atoms with Crippen LogP contribution in [0.2, 0.25) is 0 Å². The van der Waals surface area contributed by atoms with E-state index in [0.29, 0.717) is 17.7 Å². The van der Waals surface area contributed by atoms with E-state index in [9.17, 15) is 0 Å². The number of piperidine rings is 1. The summed E-state index contributed by atoms with van der Waals surface area (Å²) in [5.74, 6) is 1.17. The second kappa shape index (κ2) is 4.78. The van der Waals surface area contributed by atoms with E-state index in [0.717, 1.165) is 30.5 Å². The van der Waals surface area contributed by atoms with Crippen molar-refractivity contribution in [2.45, 2.75) is 18.9 Å². The highest BCUT2D eigenvalue weighted by Crippen LogP contribution is 2.20. The van der Waals surface area contributed by atoms with E-state index in [2.05, 4.69) is 20.6 Å². The van der Waals surface area contributed by atoms with Crippen molar-refractivity contribution in [2.24, 2.45) is 0 Å². The van der Waals surface area contributed by atoms with Crippen LogP contribution in [0.15, 0.2) is 24.3 Å². The molecule has 18 heavy (non-hydrogen) atoms. The number of nitrogens with zero attached hydrogens (tertiary/aromatic N) is 2. The summed E-state index contributed by atoms with van der Waals surface area (Å²) in [5, 5.41) is 6.74. The molecule has 1 aliphatic heterocycles. The zero-order valence-electron chi connectivity index (χ0n) is 10.2. The van der Waals surface area contributed by atoms with E-state index in [1.54, 1.807) is 0 Å². The van der Waals surface area contributed by atoms with Crippen LogP contribution in [-0.4, -0.2) is 29.1 Å². The van der Waals surface area contributed by atoms with Crippen molar-refractivity contribution in [3.05, 3.63) is 24.3 Å². The molecule has 5 nitrogen and oxygen atoms in total. The van der Waals surface area contributed by atoms with Gasteiger partial charge in [0.25, 0.3) is 0 Å². The highest BCUT2D eigenvalue weighted by Gasteiger charge is 2.15. The fourth-order valence-corrected chi connectivity index (χ4v) is 2.29. The number of anilines is 2. The molecule has 0 saturated carbocycles. The molecule has 1 aliphatic rings. The van der Waals surface area contributed by atoms with Crippen molar-refractivity contribution in [1.29, 1.82) is 0 Å². The Bertz CT molecular complexity index is 548. The SMILES string of the molecule is Nc1nc2ccccc2nc1NC1CCCNC1. The molecule has 0 spiro atoms. The lowest BCUT2D eigenvalue weighted by molar-refractivity contribution is 0.479. The van der Waals surface area contributed by atoms with Gasteiger partial charge in [-0.2, -0.15) is 0 Å². The Morgan fingerprint density at radius 1 is 1.22 bits per heavy atom. The van der Waals surface area contributed by atoms with Gasteiger partial charge in [-0.15, -0.1) is 0 Å². The maximum Gasteiger partial charge on any atom is 0.169 e. The van der Waals surface area contributed by atoms with Crippen LogP contribution in [0.3, 0.4) is 0 Å². The lowest BCUT2D eigenvalue weighted by atomic mass is 10.1. The number of fused-ring (bicyclic) bond motifs is 1. The van der Waals surface area contributed by atoms with Gasteiger partial charge in [-0.3, -0.25) is 0 Å². The first-order valence-corrected chi connectivity index (χ1v) is 6.32. The monoisotopic (exact) mass is 243 g/mol. The third-order valence-corrected chi connectivity index (χ3v) is 3.24. The van der Waals surface area contributed by atoms with E-state index in [1.807, 2.05) is 24.3 Å². The molecule has 0 radical (unpaired) electrons. The predicted octanol–water partition coefficient (Wildman–Crippen LogP) is 1.38. The summed E-state index contributed by atoms with van der Waals surface area (Å²) in [6.45, 7) is 2.05. The Kier molecular flexibility index (Phi) is 2.98. The molecule has 1 aromatic carbocycles. The molecule has 1 fully saturated rings. The molecule has 5 heteroatoms. The van der Waals surface area contributed by atoms with Gasteiger partial charge in [0, 0.05) is 12.6 Å². The van der Waals surface area contributed by atoms with Crippen molar-refractivity contribution < 1.29 is 0 Å². The van der Waals surface area contributed by atoms with Gasteiger partial charge in [-0.25, -0.2) is 9.97 Å². The van der Waals surface area contributed by atoms with Gasteiger partial charge in [0.05, 0.1) is 11.0 Å². The highest BCUT2D eigenvalue weighted by molar-refractivity contribution is 5.79. The largest absolute Gasteiger partial charge is 0.381 e. The summed E-state index contributed by atoms with van der Waals surface area (Å²) in [6.07, 6.45) is 2.32. The Balaban J connectivity index is 1.88. The molecule has 0 bridgehead atoms. The molecule has 2 aromatic rings. The molecule has 0 amide bonds. The smallest absolute Gasteiger partial charge is 0.169 e. The average molecular weight is 243 g/mol. The Labute approximate surface area is 106 Å². The van der Waals surface area contributed by atoms with Crippen LogP contribution in [0.5, 0.6) is 0 Å². The van der Waals surface area contributed by atoms with E-state index in [-0.39, 0.29) is 0 Å². The van der Waals surface area contributed by atoms with Gasteiger partial charge in [0.15, 0.2) is 11.6 Å². The number of hydrogen-bond acceptors (Lipinski definition) is 5. The molecule has 4 N–H and O–H groups in total. The van der Waals surface area contributed by atoms with Crippen molar-refractivity contribution in [2.75, 3.05) is 24.1 Å². The van der Waals surface area contributed by atoms with E-state index < -0.39 is 0 Å². The number of hydrogen-bond donors (Lipinski definition) is 3. The van der Waals surface area contributed by atoms with Crippen LogP contribution >= 0.6 is 0 Å². The molecule has 2 heterocycles. The van der Waals surface area contributed by atoms with Crippen molar-refractivity contribution in [3.63, 3.8) is 0 Å². The minimum atomic E-state index is 0.386. The first-order valence-electron chi connectivity index (χ1n) is 6.32. The third-order valence-electron chi connectivity index (χ3n) is 3.24. The number of nitrogens with two attached hydrogens (primary N) is 1. The maximum absolute atomic E-state index is 5.95. The number of nitrogen functional groups attached to an aromatic ring is 1. The Morgan fingerprint density at radius 3 is 2.72 bits per heavy atom. The topological polar surface area (TPSA) is 75.9 Å². The Morgan fingerprint density at radius 2 is 2.00 bits per heavy atom. The standard InChI is InChI=1S/C13H17N5/c14-12-13(16-9-4-3-7-15-8-9)18-11-6-2-1-5-10(11)17-12/h1-2,5-6,9,15H,3-4,7-8H2,(H2,14,17)(H,16,18). The third kappa shape index (κ3) is 2.22. The van der Waals surface area contributed by atoms with Gasteiger partial charge in [-0.1, -0.05) is 12.1 Å². The van der Waals surface area contributed by atoms with Crippen molar-refractivity contribution >= 4 is 22.7 Å². The number of rotatable bonds is 2. The zero-order chi connectivity index (χ0) is 12.4. The summed E-state index contributed by atoms with van der Waals surface area (Å²) >= 11 is 0. The highest BCUT2D eigenvalue weighted by atomic mass is 15.1. The summed E-state index contributed by atoms with van der Waals surface area (Å²) in [4.78, 5) is 8.92. The minimum absolute atomic E-state index is 0.386. The lowest BCUT2D eigenvalue weighted by Crippen LogP contribution is -2.38. The van der Waals surface area contributed by atoms with Gasteiger partial charge in [-0.05, 0) is 31.5 Å². The van der Waals surface area contributed by atoms with E-state index in [4.69, 9.17) is 5.73 Å². The number of nitrogens with one attached hydrogen (secondary N) is 2. The first kappa shape index (κ1) is 11.2. The normalized spacial score (nSPS) is 19.9. The van der Waals surface area contributed by atoms with Crippen molar-refractivity contribution in [3.8, 4) is 0 Å². The van der Waals surface area contributed by atoms with Crippen LogP contribution in [0.25, 0.3) is 11.0 Å². The van der Waals surface area contributed by atoms with Gasteiger partial charge < -0.3 is 16.4 Å². The minimum Gasteiger partial charge on any atom is -0.381 e. The second-order valence-corrected chi connectivity index (χ2v) is 4.63. The summed E-state index contributed by atoms with van der Waals surface area (Å²) in [6, 6.07) is 8.15. The van der Waals surface area contributed by atoms with E-state index >= 15 is 0 Å². The molecule has 94 valence electrons. The fraction of sp³-hybridized carbons (Fsp3) is 0.385. The lowest BCUT2D eigenvalue weighted by Gasteiger charge is -2.24. The van der Waals surface area contributed by atoms with Crippen LogP contribution in [0.4, 0.5) is 11.6 Å².